The van der Waals surface area contributed by atoms with Crippen molar-refractivity contribution < 1.29 is 9.72 Å². The normalized spacial score (nSPS) is 27.2. The number of carbonyl (C=O) groups excluding carboxylic acids is 1. The Labute approximate surface area is 142 Å². The van der Waals surface area contributed by atoms with Gasteiger partial charge in [-0.1, -0.05) is 19.9 Å². The Balaban J connectivity index is 1.98. The van der Waals surface area contributed by atoms with Gasteiger partial charge in [0.25, 0.3) is 11.6 Å². The second-order valence-corrected chi connectivity index (χ2v) is 7.34. The minimum absolute atomic E-state index is 0.0326. The predicted octanol–water partition coefficient (Wildman–Crippen LogP) is 2.79. The average molecular weight is 331 g/mol. The molecule has 1 aromatic carbocycles. The van der Waals surface area contributed by atoms with Crippen molar-refractivity contribution in [3.8, 4) is 0 Å². The van der Waals surface area contributed by atoms with Crippen LogP contribution in [0, 0.1) is 22.0 Å². The molecule has 2 saturated heterocycles. The molecule has 3 unspecified atom stereocenters. The van der Waals surface area contributed by atoms with E-state index in [0.29, 0.717) is 29.5 Å². The van der Waals surface area contributed by atoms with Crippen molar-refractivity contribution in [2.75, 3.05) is 26.2 Å². The first-order valence-electron chi connectivity index (χ1n) is 8.74. The van der Waals surface area contributed by atoms with Crippen LogP contribution in [0.3, 0.4) is 0 Å². The Morgan fingerprint density at radius 1 is 1.29 bits per heavy atom. The van der Waals surface area contributed by atoms with Crippen LogP contribution in [0.5, 0.6) is 0 Å². The monoisotopic (exact) mass is 331 g/mol. The van der Waals surface area contributed by atoms with Gasteiger partial charge in [0.2, 0.25) is 0 Å². The van der Waals surface area contributed by atoms with Gasteiger partial charge < -0.3 is 10.2 Å². The first-order chi connectivity index (χ1) is 11.5. The van der Waals surface area contributed by atoms with Crippen LogP contribution >= 0.6 is 0 Å². The van der Waals surface area contributed by atoms with Gasteiger partial charge >= 0.3 is 0 Å². The van der Waals surface area contributed by atoms with Gasteiger partial charge in [0.1, 0.15) is 0 Å². The lowest BCUT2D eigenvalue weighted by Crippen LogP contribution is -2.43. The molecule has 24 heavy (non-hydrogen) atoms. The van der Waals surface area contributed by atoms with Crippen LogP contribution in [0.1, 0.15) is 48.5 Å². The van der Waals surface area contributed by atoms with Gasteiger partial charge in [-0.2, -0.15) is 0 Å². The van der Waals surface area contributed by atoms with Crippen molar-refractivity contribution in [1.29, 1.82) is 0 Å². The lowest BCUT2D eigenvalue weighted by Gasteiger charge is -2.35. The van der Waals surface area contributed by atoms with E-state index in [1.165, 1.54) is 6.07 Å². The summed E-state index contributed by atoms with van der Waals surface area (Å²) in [6.07, 6.45) is 1.95. The minimum atomic E-state index is -0.355. The summed E-state index contributed by atoms with van der Waals surface area (Å²) in [6.45, 7) is 7.30. The quantitative estimate of drug-likeness (QED) is 0.682. The number of rotatable bonds is 3. The number of hydrogen-bond donors (Lipinski definition) is 1. The summed E-state index contributed by atoms with van der Waals surface area (Å²) in [6, 6.07) is 4.91. The Morgan fingerprint density at radius 3 is 2.58 bits per heavy atom. The van der Waals surface area contributed by atoms with Crippen molar-refractivity contribution in [1.82, 2.24) is 10.2 Å². The molecule has 130 valence electrons. The third kappa shape index (κ3) is 3.29. The van der Waals surface area contributed by atoms with E-state index in [-0.39, 0.29) is 22.4 Å². The number of piperidine rings is 1. The molecule has 6 heteroatoms. The highest BCUT2D eigenvalue weighted by Gasteiger charge is 2.33. The Kier molecular flexibility index (Phi) is 4.85. The first-order valence-corrected chi connectivity index (χ1v) is 8.74. The van der Waals surface area contributed by atoms with Crippen LogP contribution in [0.25, 0.3) is 0 Å². The number of amides is 1. The van der Waals surface area contributed by atoms with Gasteiger partial charge in [0, 0.05) is 42.7 Å². The largest absolute Gasteiger partial charge is 0.338 e. The number of likely N-dealkylation sites (tertiary alicyclic amines) is 1. The molecule has 0 aromatic heterocycles. The van der Waals surface area contributed by atoms with Gasteiger partial charge in [0.15, 0.2) is 0 Å². The molecule has 2 aliphatic rings. The number of hydrogen-bond acceptors (Lipinski definition) is 4. The molecular weight excluding hydrogens is 306 g/mol. The first kappa shape index (κ1) is 16.9. The van der Waals surface area contributed by atoms with E-state index >= 15 is 0 Å². The fourth-order valence-corrected chi connectivity index (χ4v) is 4.23. The maximum Gasteiger partial charge on any atom is 0.273 e. The van der Waals surface area contributed by atoms with E-state index in [1.54, 1.807) is 12.1 Å². The molecule has 1 N–H and O–H groups in total. The van der Waals surface area contributed by atoms with Gasteiger partial charge in [0.05, 0.1) is 4.92 Å². The van der Waals surface area contributed by atoms with Gasteiger partial charge in [-0.25, -0.2) is 0 Å². The van der Waals surface area contributed by atoms with Crippen molar-refractivity contribution in [2.45, 2.75) is 32.6 Å². The molecular formula is C18H25N3O3. The maximum atomic E-state index is 13.1. The second-order valence-electron chi connectivity index (χ2n) is 7.34. The lowest BCUT2D eigenvalue weighted by molar-refractivity contribution is -0.385. The highest BCUT2D eigenvalue weighted by Crippen LogP contribution is 2.35. The summed E-state index contributed by atoms with van der Waals surface area (Å²) < 4.78 is 0. The van der Waals surface area contributed by atoms with Crippen LogP contribution in [0.4, 0.5) is 5.69 Å². The van der Waals surface area contributed by atoms with Crippen molar-refractivity contribution >= 4 is 11.6 Å². The third-order valence-electron chi connectivity index (χ3n) is 5.13. The van der Waals surface area contributed by atoms with Crippen molar-refractivity contribution in [3.63, 3.8) is 0 Å². The predicted molar refractivity (Wildman–Crippen MR) is 92.2 cm³/mol. The Hall–Kier alpha value is -1.95. The summed E-state index contributed by atoms with van der Waals surface area (Å²) in [5.41, 5.74) is 1.20. The standard InChI is InChI=1S/C18H25N3O3/c1-12-8-13(2)11-20(10-12)18(22)15-4-3-5-16(21(23)24)17(15)14-6-7-19-9-14/h3-5,12-14,19H,6-11H2,1-2H3. The van der Waals surface area contributed by atoms with Gasteiger partial charge in [-0.15, -0.1) is 0 Å². The van der Waals surface area contributed by atoms with E-state index < -0.39 is 0 Å². The number of nitrogens with zero attached hydrogens (tertiary/aromatic N) is 2. The summed E-state index contributed by atoms with van der Waals surface area (Å²) in [7, 11) is 0. The number of benzene rings is 1. The zero-order valence-corrected chi connectivity index (χ0v) is 14.3. The topological polar surface area (TPSA) is 75.5 Å². The van der Waals surface area contributed by atoms with Gasteiger partial charge in [-0.05, 0) is 37.3 Å². The summed E-state index contributed by atoms with van der Waals surface area (Å²) >= 11 is 0. The fraction of sp³-hybridized carbons (Fsp3) is 0.611. The molecule has 0 saturated carbocycles. The van der Waals surface area contributed by atoms with Crippen LogP contribution in [-0.2, 0) is 0 Å². The maximum absolute atomic E-state index is 13.1. The van der Waals surface area contributed by atoms with Crippen molar-refractivity contribution in [3.05, 3.63) is 39.4 Å². The molecule has 3 atom stereocenters. The van der Waals surface area contributed by atoms with Crippen LogP contribution in [-0.4, -0.2) is 41.9 Å². The van der Waals surface area contributed by atoms with Crippen LogP contribution in [0.15, 0.2) is 18.2 Å². The molecule has 0 radical (unpaired) electrons. The number of nitro benzene ring substituents is 1. The van der Waals surface area contributed by atoms with E-state index in [9.17, 15) is 14.9 Å². The Morgan fingerprint density at radius 2 is 2.00 bits per heavy atom. The summed E-state index contributed by atoms with van der Waals surface area (Å²) in [5.74, 6) is 0.908. The second kappa shape index (κ2) is 6.89. The third-order valence-corrected chi connectivity index (χ3v) is 5.13. The SMILES string of the molecule is CC1CC(C)CN(C(=O)c2cccc([N+](=O)[O-])c2C2CCNC2)C1. The van der Waals surface area contributed by atoms with Gasteiger partial charge in [-0.3, -0.25) is 14.9 Å². The van der Waals surface area contributed by atoms with E-state index in [4.69, 9.17) is 0 Å². The summed E-state index contributed by atoms with van der Waals surface area (Å²) in [5, 5.41) is 14.7. The van der Waals surface area contributed by atoms with E-state index in [2.05, 4.69) is 19.2 Å². The zero-order valence-electron chi connectivity index (χ0n) is 14.3. The highest BCUT2D eigenvalue weighted by molar-refractivity contribution is 5.97. The number of nitrogens with one attached hydrogen (secondary N) is 1. The molecule has 3 rings (SSSR count). The molecule has 2 heterocycles. The minimum Gasteiger partial charge on any atom is -0.338 e. The summed E-state index contributed by atoms with van der Waals surface area (Å²) in [4.78, 5) is 26.1. The number of nitro groups is 1. The molecule has 6 nitrogen and oxygen atoms in total. The van der Waals surface area contributed by atoms with E-state index in [1.807, 2.05) is 4.90 Å². The van der Waals surface area contributed by atoms with Crippen LogP contribution < -0.4 is 5.32 Å². The molecule has 0 bridgehead atoms. The van der Waals surface area contributed by atoms with Crippen molar-refractivity contribution in [2.24, 2.45) is 11.8 Å². The molecule has 2 aliphatic heterocycles. The Bertz CT molecular complexity index is 630. The number of carbonyl (C=O) groups is 1. The molecule has 0 aliphatic carbocycles. The molecule has 0 spiro atoms. The average Bonchev–Trinajstić information content (AvgIpc) is 3.06. The zero-order chi connectivity index (χ0) is 17.3. The van der Waals surface area contributed by atoms with Crippen LogP contribution in [0.2, 0.25) is 0 Å². The molecule has 1 amide bonds. The lowest BCUT2D eigenvalue weighted by atomic mass is 9.88. The molecule has 2 fully saturated rings. The fourth-order valence-electron chi connectivity index (χ4n) is 4.23. The van der Waals surface area contributed by atoms with E-state index in [0.717, 1.165) is 32.5 Å². The molecule has 1 aromatic rings. The highest BCUT2D eigenvalue weighted by atomic mass is 16.6. The smallest absolute Gasteiger partial charge is 0.273 e.